The summed E-state index contributed by atoms with van der Waals surface area (Å²) in [5.41, 5.74) is 1.18. The number of carbonyl (C=O) groups is 1. The Kier molecular flexibility index (Phi) is 6.07. The van der Waals surface area contributed by atoms with Crippen LogP contribution in [0.5, 0.6) is 0 Å². The summed E-state index contributed by atoms with van der Waals surface area (Å²) >= 11 is 1.47. The molecule has 0 saturated carbocycles. The van der Waals surface area contributed by atoms with Gasteiger partial charge in [-0.1, -0.05) is 24.6 Å². The average molecular weight is 359 g/mol. The van der Waals surface area contributed by atoms with Gasteiger partial charge in [-0.05, 0) is 44.4 Å². The molecule has 1 fully saturated rings. The summed E-state index contributed by atoms with van der Waals surface area (Å²) in [4.78, 5) is 19.1. The van der Waals surface area contributed by atoms with Crippen molar-refractivity contribution in [3.63, 3.8) is 0 Å². The summed E-state index contributed by atoms with van der Waals surface area (Å²) in [5, 5.41) is 8.92. The van der Waals surface area contributed by atoms with Crippen molar-refractivity contribution in [1.82, 2.24) is 24.6 Å². The Morgan fingerprint density at radius 1 is 1.28 bits per heavy atom. The number of nitrogens with zero attached hydrogens (tertiary/aromatic N) is 5. The molecule has 0 aliphatic carbocycles. The number of carbonyl (C=O) groups excluding carboxylic acids is 1. The minimum atomic E-state index is 0.154. The molecular weight excluding hydrogens is 334 g/mol. The summed E-state index contributed by atoms with van der Waals surface area (Å²) in [6.45, 7) is 5.00. The lowest BCUT2D eigenvalue weighted by atomic mass is 10.0. The van der Waals surface area contributed by atoms with E-state index >= 15 is 0 Å². The summed E-state index contributed by atoms with van der Waals surface area (Å²) in [6, 6.07) is 4.49. The van der Waals surface area contributed by atoms with Gasteiger partial charge in [0.25, 0.3) is 0 Å². The second-order valence-corrected chi connectivity index (χ2v) is 7.58. The fourth-order valence-corrected chi connectivity index (χ4v) is 4.17. The molecule has 0 aromatic carbocycles. The SMILES string of the molecule is CC(C)n1cnnc1SCC(=O)N1CCCCCC1c1ccncc1. The maximum atomic E-state index is 12.9. The third-order valence-corrected chi connectivity index (χ3v) is 5.53. The van der Waals surface area contributed by atoms with Crippen LogP contribution in [-0.4, -0.2) is 42.9 Å². The zero-order valence-corrected chi connectivity index (χ0v) is 15.7. The standard InChI is InChI=1S/C18H25N5OS/c1-14(2)23-13-20-21-18(23)25-12-17(24)22-11-5-3-4-6-16(22)15-7-9-19-10-8-15/h7-10,13-14,16H,3-6,11-12H2,1-2H3. The zero-order valence-electron chi connectivity index (χ0n) is 14.8. The highest BCUT2D eigenvalue weighted by atomic mass is 32.2. The lowest BCUT2D eigenvalue weighted by molar-refractivity contribution is -0.130. The molecule has 1 saturated heterocycles. The van der Waals surface area contributed by atoms with Crippen LogP contribution in [0.25, 0.3) is 0 Å². The summed E-state index contributed by atoms with van der Waals surface area (Å²) in [7, 11) is 0. The molecule has 0 spiro atoms. The number of rotatable bonds is 5. The second-order valence-electron chi connectivity index (χ2n) is 6.64. The number of amides is 1. The van der Waals surface area contributed by atoms with Gasteiger partial charge in [0.05, 0.1) is 11.8 Å². The lowest BCUT2D eigenvalue weighted by Gasteiger charge is -2.30. The van der Waals surface area contributed by atoms with Gasteiger partial charge in [-0.2, -0.15) is 0 Å². The smallest absolute Gasteiger partial charge is 0.233 e. The molecule has 6 nitrogen and oxygen atoms in total. The first-order valence-corrected chi connectivity index (χ1v) is 9.87. The van der Waals surface area contributed by atoms with Crippen molar-refractivity contribution in [3.8, 4) is 0 Å². The van der Waals surface area contributed by atoms with Gasteiger partial charge in [-0.25, -0.2) is 0 Å². The number of aromatic nitrogens is 4. The van der Waals surface area contributed by atoms with E-state index in [1.54, 1.807) is 6.33 Å². The Balaban J connectivity index is 1.70. The first-order chi connectivity index (χ1) is 12.2. The molecule has 134 valence electrons. The minimum Gasteiger partial charge on any atom is -0.335 e. The van der Waals surface area contributed by atoms with Crippen LogP contribution in [0.2, 0.25) is 0 Å². The molecule has 7 heteroatoms. The Labute approximate surface area is 153 Å². The normalized spacial score (nSPS) is 18.4. The Bertz CT molecular complexity index is 688. The van der Waals surface area contributed by atoms with Crippen LogP contribution >= 0.6 is 11.8 Å². The lowest BCUT2D eigenvalue weighted by Crippen LogP contribution is -2.36. The summed E-state index contributed by atoms with van der Waals surface area (Å²) in [5.74, 6) is 0.569. The highest BCUT2D eigenvalue weighted by Gasteiger charge is 2.27. The van der Waals surface area contributed by atoms with Crippen LogP contribution in [-0.2, 0) is 4.79 Å². The summed E-state index contributed by atoms with van der Waals surface area (Å²) < 4.78 is 2.00. The quantitative estimate of drug-likeness (QED) is 0.765. The number of hydrogen-bond acceptors (Lipinski definition) is 5. The zero-order chi connectivity index (χ0) is 17.6. The van der Waals surface area contributed by atoms with Gasteiger partial charge in [0.1, 0.15) is 6.33 Å². The molecule has 25 heavy (non-hydrogen) atoms. The van der Waals surface area contributed by atoms with E-state index in [4.69, 9.17) is 0 Å². The molecule has 3 heterocycles. The molecule has 1 aliphatic heterocycles. The van der Waals surface area contributed by atoms with E-state index in [2.05, 4.69) is 29.0 Å². The third-order valence-electron chi connectivity index (χ3n) is 4.59. The topological polar surface area (TPSA) is 63.9 Å². The molecular formula is C18H25N5OS. The van der Waals surface area contributed by atoms with Gasteiger partial charge in [-0.15, -0.1) is 10.2 Å². The van der Waals surface area contributed by atoms with E-state index in [0.29, 0.717) is 5.75 Å². The number of hydrogen-bond donors (Lipinski definition) is 0. The van der Waals surface area contributed by atoms with Gasteiger partial charge in [0.2, 0.25) is 5.91 Å². The monoisotopic (exact) mass is 359 g/mol. The van der Waals surface area contributed by atoms with Crippen molar-refractivity contribution < 1.29 is 4.79 Å². The second kappa shape index (κ2) is 8.47. The van der Waals surface area contributed by atoms with Crippen LogP contribution in [0.15, 0.2) is 36.0 Å². The number of pyridine rings is 1. The van der Waals surface area contributed by atoms with E-state index in [1.807, 2.05) is 34.0 Å². The molecule has 1 unspecified atom stereocenters. The highest BCUT2D eigenvalue weighted by molar-refractivity contribution is 7.99. The summed E-state index contributed by atoms with van der Waals surface area (Å²) in [6.07, 6.45) is 9.77. The van der Waals surface area contributed by atoms with E-state index in [-0.39, 0.29) is 18.0 Å². The van der Waals surface area contributed by atoms with Gasteiger partial charge in [0.15, 0.2) is 5.16 Å². The van der Waals surface area contributed by atoms with Crippen molar-refractivity contribution in [2.75, 3.05) is 12.3 Å². The van der Waals surface area contributed by atoms with Crippen molar-refractivity contribution in [3.05, 3.63) is 36.4 Å². The van der Waals surface area contributed by atoms with Crippen LogP contribution in [0, 0.1) is 0 Å². The van der Waals surface area contributed by atoms with Crippen LogP contribution in [0.4, 0.5) is 0 Å². The Morgan fingerprint density at radius 3 is 2.84 bits per heavy atom. The molecule has 3 rings (SSSR count). The van der Waals surface area contributed by atoms with Crippen molar-refractivity contribution >= 4 is 17.7 Å². The fourth-order valence-electron chi connectivity index (χ4n) is 3.24. The van der Waals surface area contributed by atoms with E-state index in [9.17, 15) is 4.79 Å². The van der Waals surface area contributed by atoms with E-state index < -0.39 is 0 Å². The molecule has 1 atom stereocenters. The average Bonchev–Trinajstić information content (AvgIpc) is 2.96. The molecule has 1 amide bonds. The van der Waals surface area contributed by atoms with Crippen LogP contribution < -0.4 is 0 Å². The van der Waals surface area contributed by atoms with Gasteiger partial charge in [0, 0.05) is 25.0 Å². The van der Waals surface area contributed by atoms with Gasteiger partial charge >= 0.3 is 0 Å². The minimum absolute atomic E-state index is 0.154. The largest absolute Gasteiger partial charge is 0.335 e. The molecule has 1 aliphatic rings. The Morgan fingerprint density at radius 2 is 2.08 bits per heavy atom. The van der Waals surface area contributed by atoms with Gasteiger partial charge in [-0.3, -0.25) is 9.78 Å². The van der Waals surface area contributed by atoms with E-state index in [0.717, 1.165) is 31.0 Å². The van der Waals surface area contributed by atoms with E-state index in [1.165, 1.54) is 23.7 Å². The number of likely N-dealkylation sites (tertiary alicyclic amines) is 1. The first-order valence-electron chi connectivity index (χ1n) is 8.88. The molecule has 2 aromatic heterocycles. The predicted octanol–water partition coefficient (Wildman–Crippen LogP) is 3.49. The fraction of sp³-hybridized carbons (Fsp3) is 0.556. The van der Waals surface area contributed by atoms with Gasteiger partial charge < -0.3 is 9.47 Å². The van der Waals surface area contributed by atoms with Crippen molar-refractivity contribution in [2.24, 2.45) is 0 Å². The molecule has 0 N–H and O–H groups in total. The Hall–Kier alpha value is -1.89. The van der Waals surface area contributed by atoms with Crippen LogP contribution in [0.1, 0.15) is 57.2 Å². The van der Waals surface area contributed by atoms with Crippen LogP contribution in [0.3, 0.4) is 0 Å². The molecule has 0 bridgehead atoms. The maximum Gasteiger partial charge on any atom is 0.233 e. The molecule has 0 radical (unpaired) electrons. The number of thioether (sulfide) groups is 1. The highest BCUT2D eigenvalue weighted by Crippen LogP contribution is 2.31. The van der Waals surface area contributed by atoms with Crippen molar-refractivity contribution in [2.45, 2.75) is 56.8 Å². The predicted molar refractivity (Wildman–Crippen MR) is 98.3 cm³/mol. The van der Waals surface area contributed by atoms with Crippen molar-refractivity contribution in [1.29, 1.82) is 0 Å². The maximum absolute atomic E-state index is 12.9. The third kappa shape index (κ3) is 4.39. The first kappa shape index (κ1) is 17.9. The molecule has 2 aromatic rings.